The van der Waals surface area contributed by atoms with Crippen LogP contribution >= 0.6 is 0 Å². The van der Waals surface area contributed by atoms with Gasteiger partial charge < -0.3 is 14.6 Å². The van der Waals surface area contributed by atoms with Crippen LogP contribution in [0.4, 0.5) is 0 Å². The molecule has 0 saturated heterocycles. The average molecular weight is 467 g/mol. The van der Waals surface area contributed by atoms with Crippen molar-refractivity contribution in [1.82, 2.24) is 0 Å². The van der Waals surface area contributed by atoms with E-state index in [0.29, 0.717) is 22.6 Å². The van der Waals surface area contributed by atoms with Crippen LogP contribution in [0.2, 0.25) is 0 Å². The smallest absolute Gasteiger partial charge is 0.343 e. The predicted octanol–water partition coefficient (Wildman–Crippen LogP) is 6.20. The standard InChI is InChI=1S/C30H26O5/c1-20(31)19-34-28-15-11-25(12-16-28)24-7-9-27(10-8-24)30(33)35-29-17-13-26(14-18-29)23-5-3-22(4-6-23)21(2)32/h3-18,20,31H,19H2,1-2H3. The molecule has 0 bridgehead atoms. The molecule has 0 heterocycles. The molecule has 0 aliphatic carbocycles. The van der Waals surface area contributed by atoms with Gasteiger partial charge in [-0.2, -0.15) is 0 Å². The van der Waals surface area contributed by atoms with Crippen LogP contribution in [0.3, 0.4) is 0 Å². The number of hydrogen-bond donors (Lipinski definition) is 1. The minimum Gasteiger partial charge on any atom is -0.491 e. The van der Waals surface area contributed by atoms with Gasteiger partial charge in [0.1, 0.15) is 18.1 Å². The second-order valence-corrected chi connectivity index (χ2v) is 8.31. The summed E-state index contributed by atoms with van der Waals surface area (Å²) < 4.78 is 11.0. The zero-order chi connectivity index (χ0) is 24.8. The Morgan fingerprint density at radius 1 is 0.657 bits per heavy atom. The second kappa shape index (κ2) is 10.8. The number of rotatable bonds is 8. The highest BCUT2D eigenvalue weighted by Crippen LogP contribution is 2.25. The lowest BCUT2D eigenvalue weighted by atomic mass is 10.0. The number of ketones is 1. The first-order chi connectivity index (χ1) is 16.9. The lowest BCUT2D eigenvalue weighted by Gasteiger charge is -2.09. The van der Waals surface area contributed by atoms with Gasteiger partial charge >= 0.3 is 5.97 Å². The number of aliphatic hydroxyl groups is 1. The van der Waals surface area contributed by atoms with E-state index in [1.807, 2.05) is 60.7 Å². The zero-order valence-corrected chi connectivity index (χ0v) is 19.6. The Balaban J connectivity index is 1.38. The van der Waals surface area contributed by atoms with E-state index in [2.05, 4.69) is 0 Å². The third kappa shape index (κ3) is 6.22. The molecule has 0 aromatic heterocycles. The summed E-state index contributed by atoms with van der Waals surface area (Å²) in [7, 11) is 0. The molecule has 35 heavy (non-hydrogen) atoms. The van der Waals surface area contributed by atoms with Crippen LogP contribution in [-0.2, 0) is 0 Å². The molecule has 176 valence electrons. The fourth-order valence-corrected chi connectivity index (χ4v) is 3.54. The number of Topliss-reactive ketones (excluding diaryl/α,β-unsaturated/α-hetero) is 1. The van der Waals surface area contributed by atoms with Crippen LogP contribution in [-0.4, -0.2) is 29.6 Å². The molecule has 5 nitrogen and oxygen atoms in total. The molecule has 1 unspecified atom stereocenters. The van der Waals surface area contributed by atoms with Gasteiger partial charge in [0.2, 0.25) is 0 Å². The quantitative estimate of drug-likeness (QED) is 0.190. The Bertz CT molecular complexity index is 1290. The summed E-state index contributed by atoms with van der Waals surface area (Å²) in [5.41, 5.74) is 5.01. The number of benzene rings is 4. The van der Waals surface area contributed by atoms with E-state index < -0.39 is 12.1 Å². The highest BCUT2D eigenvalue weighted by Gasteiger charge is 2.10. The van der Waals surface area contributed by atoms with E-state index in [1.54, 1.807) is 50.2 Å². The average Bonchev–Trinajstić information content (AvgIpc) is 2.88. The lowest BCUT2D eigenvalue weighted by Crippen LogP contribution is -2.12. The van der Waals surface area contributed by atoms with Crippen LogP contribution in [0.25, 0.3) is 22.3 Å². The van der Waals surface area contributed by atoms with Gasteiger partial charge in [-0.1, -0.05) is 60.7 Å². The summed E-state index contributed by atoms with van der Waals surface area (Å²) in [6.45, 7) is 3.46. The van der Waals surface area contributed by atoms with Crippen molar-refractivity contribution in [2.24, 2.45) is 0 Å². The summed E-state index contributed by atoms with van der Waals surface area (Å²) in [6, 6.07) is 29.4. The number of esters is 1. The maximum atomic E-state index is 12.6. The van der Waals surface area contributed by atoms with Gasteiger partial charge in [0.05, 0.1) is 11.7 Å². The van der Waals surface area contributed by atoms with Crippen molar-refractivity contribution >= 4 is 11.8 Å². The molecule has 0 spiro atoms. The molecule has 0 amide bonds. The molecular formula is C30H26O5. The Kier molecular flexibility index (Phi) is 7.38. The van der Waals surface area contributed by atoms with Gasteiger partial charge in [-0.25, -0.2) is 4.79 Å². The van der Waals surface area contributed by atoms with Gasteiger partial charge in [-0.3, -0.25) is 4.79 Å². The number of aliphatic hydroxyl groups excluding tert-OH is 1. The van der Waals surface area contributed by atoms with Crippen LogP contribution < -0.4 is 9.47 Å². The van der Waals surface area contributed by atoms with E-state index >= 15 is 0 Å². The molecule has 1 N–H and O–H groups in total. The van der Waals surface area contributed by atoms with Crippen molar-refractivity contribution in [2.75, 3.05) is 6.61 Å². The number of carbonyl (C=O) groups is 2. The third-order valence-corrected chi connectivity index (χ3v) is 5.49. The molecule has 1 atom stereocenters. The summed E-state index contributed by atoms with van der Waals surface area (Å²) in [6.07, 6.45) is -0.522. The normalized spacial score (nSPS) is 11.5. The van der Waals surface area contributed by atoms with Crippen molar-refractivity contribution in [3.05, 3.63) is 108 Å². The van der Waals surface area contributed by atoms with E-state index in [0.717, 1.165) is 22.3 Å². The van der Waals surface area contributed by atoms with Crippen LogP contribution in [0.5, 0.6) is 11.5 Å². The van der Waals surface area contributed by atoms with Crippen molar-refractivity contribution in [2.45, 2.75) is 20.0 Å². The first-order valence-corrected chi connectivity index (χ1v) is 11.3. The molecule has 5 heteroatoms. The van der Waals surface area contributed by atoms with Crippen molar-refractivity contribution < 1.29 is 24.2 Å². The lowest BCUT2D eigenvalue weighted by molar-refractivity contribution is 0.0734. The Hall–Kier alpha value is -4.22. The van der Waals surface area contributed by atoms with Gasteiger partial charge in [-0.15, -0.1) is 0 Å². The van der Waals surface area contributed by atoms with Crippen molar-refractivity contribution in [3.63, 3.8) is 0 Å². The van der Waals surface area contributed by atoms with E-state index in [1.165, 1.54) is 0 Å². The van der Waals surface area contributed by atoms with Crippen molar-refractivity contribution in [1.29, 1.82) is 0 Å². The minimum atomic E-state index is -0.522. The molecule has 0 fully saturated rings. The summed E-state index contributed by atoms with van der Waals surface area (Å²) in [5.74, 6) is 0.741. The van der Waals surface area contributed by atoms with E-state index in [4.69, 9.17) is 9.47 Å². The molecule has 4 rings (SSSR count). The second-order valence-electron chi connectivity index (χ2n) is 8.31. The molecule has 0 aliphatic heterocycles. The number of hydrogen-bond acceptors (Lipinski definition) is 5. The first-order valence-electron chi connectivity index (χ1n) is 11.3. The fraction of sp³-hybridized carbons (Fsp3) is 0.133. The van der Waals surface area contributed by atoms with Crippen LogP contribution in [0.1, 0.15) is 34.6 Å². The molecule has 0 aliphatic rings. The van der Waals surface area contributed by atoms with Gasteiger partial charge in [0.25, 0.3) is 0 Å². The molecule has 0 saturated carbocycles. The van der Waals surface area contributed by atoms with Crippen LogP contribution in [0, 0.1) is 0 Å². The molecule has 4 aromatic carbocycles. The van der Waals surface area contributed by atoms with E-state index in [9.17, 15) is 14.7 Å². The maximum Gasteiger partial charge on any atom is 0.343 e. The third-order valence-electron chi connectivity index (χ3n) is 5.49. The Morgan fingerprint density at radius 2 is 1.06 bits per heavy atom. The summed E-state index contributed by atoms with van der Waals surface area (Å²) >= 11 is 0. The monoisotopic (exact) mass is 466 g/mol. The highest BCUT2D eigenvalue weighted by molar-refractivity contribution is 5.94. The maximum absolute atomic E-state index is 12.6. The topological polar surface area (TPSA) is 72.8 Å². The summed E-state index contributed by atoms with van der Waals surface area (Å²) in [5, 5.41) is 9.32. The Labute approximate surface area is 204 Å². The summed E-state index contributed by atoms with van der Waals surface area (Å²) in [4.78, 5) is 24.0. The Morgan fingerprint density at radius 3 is 1.49 bits per heavy atom. The first kappa shape index (κ1) is 23.9. The number of carbonyl (C=O) groups excluding carboxylic acids is 2. The molecule has 4 aromatic rings. The largest absolute Gasteiger partial charge is 0.491 e. The van der Waals surface area contributed by atoms with Crippen molar-refractivity contribution in [3.8, 4) is 33.8 Å². The van der Waals surface area contributed by atoms with Gasteiger partial charge in [-0.05, 0) is 72.5 Å². The molecular weight excluding hydrogens is 440 g/mol. The SMILES string of the molecule is CC(=O)c1ccc(-c2ccc(OC(=O)c3ccc(-c4ccc(OCC(C)O)cc4)cc3)cc2)cc1. The fourth-order valence-electron chi connectivity index (χ4n) is 3.54. The van der Waals surface area contributed by atoms with Gasteiger partial charge in [0, 0.05) is 5.56 Å². The molecule has 0 radical (unpaired) electrons. The van der Waals surface area contributed by atoms with Gasteiger partial charge in [0.15, 0.2) is 5.78 Å². The predicted molar refractivity (Wildman–Crippen MR) is 136 cm³/mol. The number of ether oxygens (including phenoxy) is 2. The van der Waals surface area contributed by atoms with Crippen LogP contribution in [0.15, 0.2) is 97.1 Å². The van der Waals surface area contributed by atoms with E-state index in [-0.39, 0.29) is 12.4 Å². The minimum absolute atomic E-state index is 0.0308. The zero-order valence-electron chi connectivity index (χ0n) is 19.6. The highest BCUT2D eigenvalue weighted by atomic mass is 16.5.